The Morgan fingerprint density at radius 2 is 1.60 bits per heavy atom. The number of anilines is 2. The van der Waals surface area contributed by atoms with E-state index in [9.17, 15) is 13.2 Å². The van der Waals surface area contributed by atoms with Crippen LogP contribution < -0.4 is 9.80 Å². The molecule has 3 aromatic carbocycles. The molecular weight excluding hydrogens is 539 g/mol. The lowest BCUT2D eigenvalue weighted by atomic mass is 9.90. The second kappa shape index (κ2) is 11.4. The molecule has 0 bridgehead atoms. The van der Waals surface area contributed by atoms with E-state index in [1.54, 1.807) is 0 Å². The number of rotatable bonds is 6. The van der Waals surface area contributed by atoms with Gasteiger partial charge in [0.1, 0.15) is 0 Å². The minimum absolute atomic E-state index is 0.0897. The van der Waals surface area contributed by atoms with Crippen LogP contribution in [0.5, 0.6) is 0 Å². The fraction of sp³-hybridized carbons (Fsp3) is 0.375. The van der Waals surface area contributed by atoms with Gasteiger partial charge in [0.05, 0.1) is 24.0 Å². The number of aliphatic imine (C=N–C) groups is 1. The number of nitrogens with zero attached hydrogens (tertiary/aromatic N) is 3. The predicted molar refractivity (Wildman–Crippen MR) is 165 cm³/mol. The molecule has 40 heavy (non-hydrogen) atoms. The molecule has 0 unspecified atom stereocenters. The van der Waals surface area contributed by atoms with Gasteiger partial charge >= 0.3 is 0 Å². The molecule has 3 aromatic rings. The Morgan fingerprint density at radius 3 is 2.33 bits per heavy atom. The molecule has 2 atom stereocenters. The second-order valence-electron chi connectivity index (χ2n) is 11.3. The summed E-state index contributed by atoms with van der Waals surface area (Å²) in [6, 6.07) is 26.8. The van der Waals surface area contributed by atoms with Crippen LogP contribution in [0.15, 0.2) is 83.9 Å². The molecule has 1 amide bonds. The number of aryl methyl sites for hydroxylation is 1. The topological polar surface area (TPSA) is 70.0 Å². The first-order chi connectivity index (χ1) is 19.3. The van der Waals surface area contributed by atoms with Crippen LogP contribution in [0.4, 0.5) is 11.4 Å². The molecule has 0 spiro atoms. The first-order valence-corrected chi connectivity index (χ1v) is 16.8. The number of sulfone groups is 1. The lowest BCUT2D eigenvalue weighted by Crippen LogP contribution is -2.38. The number of benzene rings is 3. The molecule has 3 heterocycles. The fourth-order valence-electron chi connectivity index (χ4n) is 6.18. The highest BCUT2D eigenvalue weighted by molar-refractivity contribution is 8.16. The zero-order valence-corrected chi connectivity index (χ0v) is 24.4. The van der Waals surface area contributed by atoms with Crippen molar-refractivity contribution in [2.75, 3.05) is 34.4 Å². The number of carbonyl (C=O) groups excluding carboxylic acids is 1. The van der Waals surface area contributed by atoms with E-state index in [1.807, 2.05) is 36.1 Å². The van der Waals surface area contributed by atoms with E-state index in [4.69, 9.17) is 0 Å². The molecule has 3 aliphatic heterocycles. The molecule has 0 N–H and O–H groups in total. The SMILES string of the molecule is Cc1cccc(CC(=O)N=C2S[C@H]3CS(=O)(=O)C[C@H]3N2c2ccc(N3CCC(Cc4ccccc4)CC3)cc2)c1. The fourth-order valence-corrected chi connectivity index (χ4v) is 10.1. The molecule has 0 saturated carbocycles. The third-order valence-electron chi connectivity index (χ3n) is 8.20. The number of carbonyl (C=O) groups is 1. The van der Waals surface area contributed by atoms with Crippen molar-refractivity contribution >= 4 is 44.0 Å². The number of amides is 1. The van der Waals surface area contributed by atoms with Crippen LogP contribution in [0.1, 0.15) is 29.5 Å². The Balaban J connectivity index is 1.16. The summed E-state index contributed by atoms with van der Waals surface area (Å²) in [7, 11) is -3.12. The highest BCUT2D eigenvalue weighted by atomic mass is 32.2. The molecule has 8 heteroatoms. The number of thioether (sulfide) groups is 1. The van der Waals surface area contributed by atoms with E-state index < -0.39 is 9.84 Å². The van der Waals surface area contributed by atoms with Gasteiger partial charge in [-0.2, -0.15) is 4.99 Å². The molecule has 6 nitrogen and oxygen atoms in total. The first-order valence-electron chi connectivity index (χ1n) is 14.1. The molecule has 0 aromatic heterocycles. The van der Waals surface area contributed by atoms with E-state index in [0.717, 1.165) is 36.3 Å². The minimum atomic E-state index is -3.12. The van der Waals surface area contributed by atoms with Gasteiger partial charge in [-0.05, 0) is 67.5 Å². The number of fused-ring (bicyclic) bond motifs is 1. The summed E-state index contributed by atoms with van der Waals surface area (Å²) in [6.07, 6.45) is 3.70. The van der Waals surface area contributed by atoms with E-state index >= 15 is 0 Å². The van der Waals surface area contributed by atoms with E-state index in [-0.39, 0.29) is 35.1 Å². The van der Waals surface area contributed by atoms with Crippen LogP contribution in [0.3, 0.4) is 0 Å². The monoisotopic (exact) mass is 573 g/mol. The van der Waals surface area contributed by atoms with Gasteiger partial charge in [0.2, 0.25) is 0 Å². The third kappa shape index (κ3) is 6.13. The number of amidine groups is 1. The van der Waals surface area contributed by atoms with Crippen LogP contribution in [-0.2, 0) is 27.5 Å². The standard InChI is InChI=1S/C32H35N3O3S2/c1-23-6-5-9-26(18-23)20-31(36)33-32-35(29-21-40(37,38)22-30(29)39-32)28-12-10-27(11-13-28)34-16-14-25(15-17-34)19-24-7-3-2-4-8-24/h2-13,18,25,29-30H,14-17,19-22H2,1H3/t29-,30+/m1/s1. The second-order valence-corrected chi connectivity index (χ2v) is 14.6. The molecule has 3 saturated heterocycles. The summed E-state index contributed by atoms with van der Waals surface area (Å²) in [5.41, 5.74) is 5.52. The van der Waals surface area contributed by atoms with Gasteiger partial charge < -0.3 is 9.80 Å². The average molecular weight is 574 g/mol. The largest absolute Gasteiger partial charge is 0.372 e. The van der Waals surface area contributed by atoms with Crippen LogP contribution in [0, 0.1) is 12.8 Å². The molecule has 0 radical (unpaired) electrons. The smallest absolute Gasteiger partial charge is 0.252 e. The van der Waals surface area contributed by atoms with Gasteiger partial charge in [-0.15, -0.1) is 0 Å². The highest BCUT2D eigenvalue weighted by Crippen LogP contribution is 2.41. The zero-order chi connectivity index (χ0) is 27.7. The molecule has 208 valence electrons. The predicted octanol–water partition coefficient (Wildman–Crippen LogP) is 5.30. The number of hydrogen-bond donors (Lipinski definition) is 0. The van der Waals surface area contributed by atoms with E-state index in [0.29, 0.717) is 11.1 Å². The summed E-state index contributed by atoms with van der Waals surface area (Å²) >= 11 is 1.43. The highest BCUT2D eigenvalue weighted by Gasteiger charge is 2.49. The lowest BCUT2D eigenvalue weighted by molar-refractivity contribution is -0.117. The molecule has 0 aliphatic carbocycles. The molecule has 3 fully saturated rings. The van der Waals surface area contributed by atoms with Gasteiger partial charge in [-0.1, -0.05) is 71.9 Å². The van der Waals surface area contributed by atoms with Crippen molar-refractivity contribution in [3.05, 3.63) is 95.6 Å². The van der Waals surface area contributed by atoms with Gasteiger partial charge in [-0.3, -0.25) is 4.79 Å². The van der Waals surface area contributed by atoms with Gasteiger partial charge in [0.25, 0.3) is 5.91 Å². The Kier molecular flexibility index (Phi) is 7.73. The van der Waals surface area contributed by atoms with Crippen LogP contribution in [-0.4, -0.2) is 55.4 Å². The zero-order valence-electron chi connectivity index (χ0n) is 22.8. The van der Waals surface area contributed by atoms with Crippen molar-refractivity contribution in [2.24, 2.45) is 10.9 Å². The third-order valence-corrected chi connectivity index (χ3v) is 11.4. The van der Waals surface area contributed by atoms with Gasteiger partial charge in [0, 0.05) is 29.7 Å². The average Bonchev–Trinajstić information content (AvgIpc) is 3.40. The van der Waals surface area contributed by atoms with Crippen molar-refractivity contribution in [3.8, 4) is 0 Å². The van der Waals surface area contributed by atoms with Crippen LogP contribution >= 0.6 is 11.8 Å². The number of hydrogen-bond acceptors (Lipinski definition) is 5. The molecule has 3 aliphatic rings. The Bertz CT molecular complexity index is 1500. The van der Waals surface area contributed by atoms with Crippen LogP contribution in [0.25, 0.3) is 0 Å². The first kappa shape index (κ1) is 27.1. The molecular formula is C32H35N3O3S2. The molecule has 6 rings (SSSR count). The quantitative estimate of drug-likeness (QED) is 0.399. The minimum Gasteiger partial charge on any atom is -0.372 e. The van der Waals surface area contributed by atoms with Crippen LogP contribution in [0.2, 0.25) is 0 Å². The van der Waals surface area contributed by atoms with Crippen molar-refractivity contribution in [1.29, 1.82) is 0 Å². The summed E-state index contributed by atoms with van der Waals surface area (Å²) in [5.74, 6) is 0.708. The van der Waals surface area contributed by atoms with Crippen molar-refractivity contribution in [1.82, 2.24) is 0 Å². The van der Waals surface area contributed by atoms with Crippen molar-refractivity contribution in [3.63, 3.8) is 0 Å². The number of piperidine rings is 1. The van der Waals surface area contributed by atoms with E-state index in [2.05, 4.69) is 64.5 Å². The van der Waals surface area contributed by atoms with Gasteiger partial charge in [0.15, 0.2) is 15.0 Å². The summed E-state index contributed by atoms with van der Waals surface area (Å²) in [5, 5.41) is 0.496. The maximum Gasteiger partial charge on any atom is 0.252 e. The van der Waals surface area contributed by atoms with E-state index in [1.165, 1.54) is 35.9 Å². The summed E-state index contributed by atoms with van der Waals surface area (Å²) in [4.78, 5) is 21.9. The summed E-state index contributed by atoms with van der Waals surface area (Å²) < 4.78 is 24.9. The van der Waals surface area contributed by atoms with Gasteiger partial charge in [-0.25, -0.2) is 8.42 Å². The van der Waals surface area contributed by atoms with Crippen molar-refractivity contribution < 1.29 is 13.2 Å². The Morgan fingerprint density at radius 1 is 0.900 bits per heavy atom. The maximum atomic E-state index is 13.0. The Hall–Kier alpha value is -3.10. The lowest BCUT2D eigenvalue weighted by Gasteiger charge is -2.34. The maximum absolute atomic E-state index is 13.0. The Labute approximate surface area is 241 Å². The van der Waals surface area contributed by atoms with Crippen molar-refractivity contribution in [2.45, 2.75) is 43.9 Å². The normalized spacial score (nSPS) is 23.5. The summed E-state index contributed by atoms with van der Waals surface area (Å²) in [6.45, 7) is 4.06.